The van der Waals surface area contributed by atoms with Crippen LogP contribution in [0.5, 0.6) is 5.75 Å². The first-order valence-corrected chi connectivity index (χ1v) is 7.69. The Kier molecular flexibility index (Phi) is 8.08. The predicted octanol–water partition coefficient (Wildman–Crippen LogP) is 3.99. The summed E-state index contributed by atoms with van der Waals surface area (Å²) in [5.74, 6) is 0.395. The van der Waals surface area contributed by atoms with Gasteiger partial charge in [0.2, 0.25) is 0 Å². The summed E-state index contributed by atoms with van der Waals surface area (Å²) in [6, 6.07) is 5.42. The van der Waals surface area contributed by atoms with E-state index in [4.69, 9.17) is 14.6 Å². The van der Waals surface area contributed by atoms with Crippen LogP contribution in [0.15, 0.2) is 28.7 Å². The standard InChI is InChI=1S/C16H21BrO4/c1-12(2)7-8-20-9-10-21-15-5-3-13(11-14(15)17)4-6-16(18)19/h3-6,11-12H,7-10H2,1-2H3,(H,18,19). The summed E-state index contributed by atoms with van der Waals surface area (Å²) in [7, 11) is 0. The molecule has 0 radical (unpaired) electrons. The molecule has 0 heterocycles. The third-order valence-electron chi connectivity index (χ3n) is 2.70. The number of hydrogen-bond donors (Lipinski definition) is 1. The number of halogens is 1. The molecule has 0 amide bonds. The van der Waals surface area contributed by atoms with Gasteiger partial charge in [0.05, 0.1) is 11.1 Å². The number of rotatable bonds is 9. The van der Waals surface area contributed by atoms with Gasteiger partial charge >= 0.3 is 5.97 Å². The Hall–Kier alpha value is -1.33. The minimum atomic E-state index is -0.968. The summed E-state index contributed by atoms with van der Waals surface area (Å²) >= 11 is 3.41. The number of ether oxygens (including phenoxy) is 2. The van der Waals surface area contributed by atoms with Crippen LogP contribution >= 0.6 is 15.9 Å². The van der Waals surface area contributed by atoms with Gasteiger partial charge in [-0.05, 0) is 52.0 Å². The van der Waals surface area contributed by atoms with Crippen LogP contribution in [0.3, 0.4) is 0 Å². The van der Waals surface area contributed by atoms with E-state index in [1.807, 2.05) is 6.07 Å². The molecular formula is C16H21BrO4. The third kappa shape index (κ3) is 7.87. The van der Waals surface area contributed by atoms with Crippen LogP contribution in [0.2, 0.25) is 0 Å². The number of hydrogen-bond acceptors (Lipinski definition) is 3. The molecule has 0 saturated heterocycles. The molecule has 1 aromatic rings. The summed E-state index contributed by atoms with van der Waals surface area (Å²) in [5.41, 5.74) is 0.796. The lowest BCUT2D eigenvalue weighted by atomic mass is 10.1. The number of benzene rings is 1. The normalized spacial score (nSPS) is 11.2. The molecule has 21 heavy (non-hydrogen) atoms. The van der Waals surface area contributed by atoms with Gasteiger partial charge in [-0.15, -0.1) is 0 Å². The fourth-order valence-corrected chi connectivity index (χ4v) is 2.05. The van der Waals surface area contributed by atoms with Gasteiger partial charge in [0.15, 0.2) is 0 Å². The molecule has 5 heteroatoms. The molecule has 1 N–H and O–H groups in total. The van der Waals surface area contributed by atoms with Crippen LogP contribution in [0.25, 0.3) is 6.08 Å². The molecule has 0 spiro atoms. The van der Waals surface area contributed by atoms with Gasteiger partial charge in [0.1, 0.15) is 12.4 Å². The van der Waals surface area contributed by atoms with Crippen molar-refractivity contribution < 1.29 is 19.4 Å². The summed E-state index contributed by atoms with van der Waals surface area (Å²) in [6.45, 7) is 6.12. The Morgan fingerprint density at radius 3 is 2.71 bits per heavy atom. The first-order valence-electron chi connectivity index (χ1n) is 6.90. The van der Waals surface area contributed by atoms with Crippen molar-refractivity contribution in [2.45, 2.75) is 20.3 Å². The summed E-state index contributed by atoms with van der Waals surface area (Å²) in [6.07, 6.45) is 3.69. The van der Waals surface area contributed by atoms with Gasteiger partial charge in [-0.2, -0.15) is 0 Å². The van der Waals surface area contributed by atoms with Gasteiger partial charge < -0.3 is 14.6 Å². The smallest absolute Gasteiger partial charge is 0.328 e. The van der Waals surface area contributed by atoms with Crippen LogP contribution in [-0.2, 0) is 9.53 Å². The molecule has 116 valence electrons. The second kappa shape index (κ2) is 9.58. The van der Waals surface area contributed by atoms with Crippen LogP contribution in [0.1, 0.15) is 25.8 Å². The van der Waals surface area contributed by atoms with Crippen molar-refractivity contribution in [1.29, 1.82) is 0 Å². The molecule has 0 aliphatic heterocycles. The van der Waals surface area contributed by atoms with Crippen LogP contribution in [-0.4, -0.2) is 30.9 Å². The Morgan fingerprint density at radius 1 is 1.33 bits per heavy atom. The molecule has 0 aromatic heterocycles. The zero-order chi connectivity index (χ0) is 15.7. The molecule has 0 saturated carbocycles. The predicted molar refractivity (Wildman–Crippen MR) is 86.6 cm³/mol. The second-order valence-corrected chi connectivity index (χ2v) is 5.86. The Balaban J connectivity index is 2.37. The molecule has 0 atom stereocenters. The number of aliphatic carboxylic acids is 1. The second-order valence-electron chi connectivity index (χ2n) is 5.00. The van der Waals surface area contributed by atoms with E-state index in [2.05, 4.69) is 29.8 Å². The lowest BCUT2D eigenvalue weighted by Gasteiger charge is -2.10. The monoisotopic (exact) mass is 356 g/mol. The van der Waals surface area contributed by atoms with E-state index in [-0.39, 0.29) is 0 Å². The van der Waals surface area contributed by atoms with Gasteiger partial charge in [-0.3, -0.25) is 0 Å². The maximum Gasteiger partial charge on any atom is 0.328 e. The lowest BCUT2D eigenvalue weighted by Crippen LogP contribution is -2.08. The molecule has 0 bridgehead atoms. The van der Waals surface area contributed by atoms with Crippen molar-refractivity contribution in [1.82, 2.24) is 0 Å². The molecule has 0 aliphatic rings. The number of carboxylic acids is 1. The van der Waals surface area contributed by atoms with Crippen LogP contribution < -0.4 is 4.74 Å². The highest BCUT2D eigenvalue weighted by molar-refractivity contribution is 9.10. The number of carbonyl (C=O) groups is 1. The minimum Gasteiger partial charge on any atom is -0.490 e. The fraction of sp³-hybridized carbons (Fsp3) is 0.438. The lowest BCUT2D eigenvalue weighted by molar-refractivity contribution is -0.131. The fourth-order valence-electron chi connectivity index (χ4n) is 1.54. The Morgan fingerprint density at radius 2 is 2.10 bits per heavy atom. The van der Waals surface area contributed by atoms with Crippen molar-refractivity contribution in [2.24, 2.45) is 5.92 Å². The quantitative estimate of drug-likeness (QED) is 0.536. The average molecular weight is 357 g/mol. The first-order chi connectivity index (χ1) is 9.99. The molecular weight excluding hydrogens is 336 g/mol. The number of carboxylic acid groups (broad SMARTS) is 1. The zero-order valence-electron chi connectivity index (χ0n) is 12.3. The van der Waals surface area contributed by atoms with E-state index in [1.165, 1.54) is 6.08 Å². The average Bonchev–Trinajstić information content (AvgIpc) is 2.41. The Bertz CT molecular complexity index is 483. The summed E-state index contributed by atoms with van der Waals surface area (Å²) in [5, 5.41) is 8.58. The van der Waals surface area contributed by atoms with E-state index < -0.39 is 5.97 Å². The van der Waals surface area contributed by atoms with Crippen LogP contribution in [0.4, 0.5) is 0 Å². The van der Waals surface area contributed by atoms with E-state index in [9.17, 15) is 4.79 Å². The molecule has 0 aliphatic carbocycles. The molecule has 1 rings (SSSR count). The summed E-state index contributed by atoms with van der Waals surface area (Å²) < 4.78 is 11.9. The highest BCUT2D eigenvalue weighted by atomic mass is 79.9. The maximum atomic E-state index is 10.5. The van der Waals surface area contributed by atoms with Gasteiger partial charge in [0.25, 0.3) is 0 Å². The van der Waals surface area contributed by atoms with E-state index in [0.29, 0.717) is 19.1 Å². The minimum absolute atomic E-state index is 0.487. The highest BCUT2D eigenvalue weighted by Gasteiger charge is 2.02. The largest absolute Gasteiger partial charge is 0.490 e. The SMILES string of the molecule is CC(C)CCOCCOc1ccc(C=CC(=O)O)cc1Br. The van der Waals surface area contributed by atoms with E-state index in [1.54, 1.807) is 12.1 Å². The molecule has 4 nitrogen and oxygen atoms in total. The van der Waals surface area contributed by atoms with Crippen molar-refractivity contribution in [3.05, 3.63) is 34.3 Å². The van der Waals surface area contributed by atoms with E-state index >= 15 is 0 Å². The molecule has 0 unspecified atom stereocenters. The van der Waals surface area contributed by atoms with E-state index in [0.717, 1.165) is 34.9 Å². The Labute approximate surface area is 133 Å². The molecule has 0 fully saturated rings. The third-order valence-corrected chi connectivity index (χ3v) is 3.32. The van der Waals surface area contributed by atoms with Gasteiger partial charge in [-0.1, -0.05) is 19.9 Å². The van der Waals surface area contributed by atoms with Crippen LogP contribution in [0, 0.1) is 5.92 Å². The van der Waals surface area contributed by atoms with Crippen molar-refractivity contribution in [3.63, 3.8) is 0 Å². The maximum absolute atomic E-state index is 10.5. The molecule has 1 aromatic carbocycles. The summed E-state index contributed by atoms with van der Waals surface area (Å²) in [4.78, 5) is 10.5. The van der Waals surface area contributed by atoms with Gasteiger partial charge in [-0.25, -0.2) is 4.79 Å². The van der Waals surface area contributed by atoms with Crippen molar-refractivity contribution in [2.75, 3.05) is 19.8 Å². The van der Waals surface area contributed by atoms with Crippen molar-refractivity contribution in [3.8, 4) is 5.75 Å². The van der Waals surface area contributed by atoms with Crippen molar-refractivity contribution >= 4 is 28.0 Å². The van der Waals surface area contributed by atoms with Gasteiger partial charge in [0, 0.05) is 12.7 Å². The highest BCUT2D eigenvalue weighted by Crippen LogP contribution is 2.26. The first kappa shape index (κ1) is 17.7. The topological polar surface area (TPSA) is 55.8 Å². The zero-order valence-corrected chi connectivity index (χ0v) is 13.9.